The van der Waals surface area contributed by atoms with Crippen LogP contribution in [0.4, 0.5) is 5.69 Å². The molecule has 3 aromatic heterocycles. The lowest BCUT2D eigenvalue weighted by atomic mass is 10.2. The normalized spacial score (nSPS) is 18.2. The van der Waals surface area contributed by atoms with Gasteiger partial charge in [-0.05, 0) is 31.7 Å². The molecule has 0 spiro atoms. The second-order valence-electron chi connectivity index (χ2n) is 7.71. The summed E-state index contributed by atoms with van der Waals surface area (Å²) in [6.07, 6.45) is 9.43. The van der Waals surface area contributed by atoms with Crippen LogP contribution in [0.5, 0.6) is 5.75 Å². The average Bonchev–Trinajstić information content (AvgIpc) is 3.49. The van der Waals surface area contributed by atoms with E-state index in [1.165, 1.54) is 23.9 Å². The van der Waals surface area contributed by atoms with Crippen molar-refractivity contribution in [1.82, 2.24) is 24.8 Å². The van der Waals surface area contributed by atoms with Gasteiger partial charge in [0.05, 0.1) is 15.8 Å². The Bertz CT molecular complexity index is 1510. The Morgan fingerprint density at radius 2 is 2.30 bits per heavy atom. The van der Waals surface area contributed by atoms with Gasteiger partial charge in [0.25, 0.3) is 5.56 Å². The topological polar surface area (TPSA) is 112 Å². The van der Waals surface area contributed by atoms with E-state index >= 15 is 0 Å². The second kappa shape index (κ2) is 9.26. The summed E-state index contributed by atoms with van der Waals surface area (Å²) in [5, 5.41) is 9.55. The first-order valence-electron chi connectivity index (χ1n) is 10.3. The number of H-pyrrole nitrogens is 2. The number of fused-ring (bicyclic) bond motifs is 1. The number of hydrogen-bond donors (Lipinski definition) is 2. The van der Waals surface area contributed by atoms with Gasteiger partial charge in [-0.1, -0.05) is 11.6 Å². The summed E-state index contributed by atoms with van der Waals surface area (Å²) in [6, 6.07) is 5.35. The number of ether oxygens (including phenoxy) is 1. The van der Waals surface area contributed by atoms with Crippen molar-refractivity contribution < 1.29 is 4.74 Å². The number of azo groups is 1. The lowest BCUT2D eigenvalue weighted by Crippen LogP contribution is -2.21. The largest absolute Gasteiger partial charge is 0.489 e. The molecule has 33 heavy (non-hydrogen) atoms. The monoisotopic (exact) mass is 481 g/mol. The molecule has 11 heteroatoms. The second-order valence-corrected chi connectivity index (χ2v) is 9.20. The molecule has 1 saturated heterocycles. The van der Waals surface area contributed by atoms with Gasteiger partial charge in [-0.2, -0.15) is 5.11 Å². The lowest BCUT2D eigenvalue weighted by molar-refractivity contribution is 0.208. The van der Waals surface area contributed by atoms with Gasteiger partial charge in [0.1, 0.15) is 34.2 Å². The highest BCUT2D eigenvalue weighted by atomic mass is 35.5. The Labute approximate surface area is 197 Å². The molecule has 4 aromatic rings. The average molecular weight is 482 g/mol. The highest BCUT2D eigenvalue weighted by molar-refractivity contribution is 7.07. The zero-order valence-corrected chi connectivity index (χ0v) is 19.2. The van der Waals surface area contributed by atoms with E-state index in [0.29, 0.717) is 31.3 Å². The summed E-state index contributed by atoms with van der Waals surface area (Å²) >= 11 is 7.63. The molecule has 0 aliphatic carbocycles. The van der Waals surface area contributed by atoms with E-state index in [2.05, 4.69) is 42.1 Å². The Morgan fingerprint density at radius 3 is 3.12 bits per heavy atom. The van der Waals surface area contributed by atoms with E-state index in [0.717, 1.165) is 30.5 Å². The number of hydrogen-bond acceptors (Lipinski definition) is 8. The van der Waals surface area contributed by atoms with Crippen LogP contribution in [-0.4, -0.2) is 51.1 Å². The summed E-state index contributed by atoms with van der Waals surface area (Å²) < 4.78 is 7.10. The number of nitrogens with one attached hydrogen (secondary N) is 2. The van der Waals surface area contributed by atoms with Crippen LogP contribution in [0, 0.1) is 0 Å². The van der Waals surface area contributed by atoms with Gasteiger partial charge in [0.2, 0.25) is 0 Å². The van der Waals surface area contributed by atoms with Crippen LogP contribution < -0.4 is 19.5 Å². The minimum absolute atomic E-state index is 0.172. The number of halogens is 1. The molecule has 1 fully saturated rings. The summed E-state index contributed by atoms with van der Waals surface area (Å²) in [5.41, 5.74) is 1.87. The molecule has 0 saturated carbocycles. The smallest absolute Gasteiger partial charge is 0.266 e. The maximum atomic E-state index is 12.3. The molecule has 5 rings (SSSR count). The van der Waals surface area contributed by atoms with Crippen LogP contribution in [0.15, 0.2) is 51.9 Å². The summed E-state index contributed by atoms with van der Waals surface area (Å²) in [5.74, 6) is 0.716. The Hall–Kier alpha value is -3.34. The molecular weight excluding hydrogens is 462 g/mol. The zero-order chi connectivity index (χ0) is 22.8. The molecule has 1 aromatic carbocycles. The summed E-state index contributed by atoms with van der Waals surface area (Å²) in [6.45, 7) is 1.93. The van der Waals surface area contributed by atoms with Crippen LogP contribution in [0.2, 0.25) is 5.02 Å². The van der Waals surface area contributed by atoms with E-state index in [9.17, 15) is 4.79 Å². The fourth-order valence-electron chi connectivity index (χ4n) is 3.63. The first kappa shape index (κ1) is 21.5. The third-order valence-electron chi connectivity index (χ3n) is 5.27. The van der Waals surface area contributed by atoms with Crippen LogP contribution in [-0.2, 0) is 0 Å². The van der Waals surface area contributed by atoms with Gasteiger partial charge in [-0.15, -0.1) is 16.5 Å². The number of rotatable bonds is 5. The van der Waals surface area contributed by atoms with E-state index < -0.39 is 0 Å². The Kier molecular flexibility index (Phi) is 6.03. The van der Waals surface area contributed by atoms with E-state index in [1.807, 2.05) is 6.07 Å². The van der Waals surface area contributed by atoms with Gasteiger partial charge >= 0.3 is 0 Å². The fourth-order valence-corrected chi connectivity index (χ4v) is 4.65. The zero-order valence-electron chi connectivity index (χ0n) is 17.7. The van der Waals surface area contributed by atoms with E-state index in [1.54, 1.807) is 30.6 Å². The number of likely N-dealkylation sites (tertiary alicyclic amines) is 1. The molecule has 9 nitrogen and oxygen atoms in total. The number of thiazole rings is 1. The third kappa shape index (κ3) is 4.87. The van der Waals surface area contributed by atoms with Crippen molar-refractivity contribution in [2.45, 2.75) is 12.5 Å². The number of benzene rings is 1. The van der Waals surface area contributed by atoms with Crippen molar-refractivity contribution in [2.24, 2.45) is 10.2 Å². The predicted molar refractivity (Wildman–Crippen MR) is 129 cm³/mol. The minimum Gasteiger partial charge on any atom is -0.489 e. The molecule has 1 unspecified atom stereocenters. The molecule has 0 amide bonds. The molecule has 2 N–H and O–H groups in total. The molecule has 1 atom stereocenters. The highest BCUT2D eigenvalue weighted by Crippen LogP contribution is 2.30. The maximum Gasteiger partial charge on any atom is 0.266 e. The first-order valence-corrected chi connectivity index (χ1v) is 11.5. The van der Waals surface area contributed by atoms with Crippen LogP contribution in [0.3, 0.4) is 0 Å². The molecule has 168 valence electrons. The lowest BCUT2D eigenvalue weighted by Gasteiger charge is -2.14. The van der Waals surface area contributed by atoms with Gasteiger partial charge in [0, 0.05) is 42.5 Å². The van der Waals surface area contributed by atoms with Crippen molar-refractivity contribution in [3.63, 3.8) is 0 Å². The fraction of sp³-hybridized carbons (Fsp3) is 0.227. The van der Waals surface area contributed by atoms with Crippen LogP contribution in [0.1, 0.15) is 12.0 Å². The Balaban J connectivity index is 1.33. The van der Waals surface area contributed by atoms with Crippen molar-refractivity contribution >= 4 is 51.9 Å². The third-order valence-corrected chi connectivity index (χ3v) is 6.52. The van der Waals surface area contributed by atoms with Crippen LogP contribution in [0.25, 0.3) is 23.3 Å². The number of nitrogens with zero attached hydrogens (tertiary/aromatic N) is 5. The minimum atomic E-state index is -0.204. The molecular formula is C22H20ClN7O2S. The Morgan fingerprint density at radius 1 is 1.39 bits per heavy atom. The van der Waals surface area contributed by atoms with Crippen molar-refractivity contribution in [1.29, 1.82) is 0 Å². The maximum absolute atomic E-state index is 12.3. The predicted octanol–water partition coefficient (Wildman–Crippen LogP) is 2.79. The summed E-state index contributed by atoms with van der Waals surface area (Å²) in [7, 11) is 2.08. The SMILES string of the molecule is CN1CCC(Oc2ccc(N=N/C=c3/[nH]c(=O)/c(=C/c4c[nH]c5ncncc45)s3)c(Cl)c2)C1. The summed E-state index contributed by atoms with van der Waals surface area (Å²) in [4.78, 5) is 28.6. The molecule has 1 aliphatic heterocycles. The van der Waals surface area contributed by atoms with Gasteiger partial charge in [0.15, 0.2) is 0 Å². The standard InChI is InChI=1S/C22H20ClN7O2S/c1-30-5-4-15(11-30)32-14-2-3-18(17(23)7-14)29-27-10-20-28-22(31)19(33-20)6-13-8-25-21-16(13)9-24-12-26-21/h2-3,6-10,12,15H,4-5,11H2,1H3,(H,28,31)(H,24,25,26)/b19-6-,20-10-,29-27?. The molecule has 1 aliphatic rings. The molecule has 0 radical (unpaired) electrons. The van der Waals surface area contributed by atoms with E-state index in [-0.39, 0.29) is 11.7 Å². The van der Waals surface area contributed by atoms with Gasteiger partial charge < -0.3 is 19.6 Å². The van der Waals surface area contributed by atoms with Crippen molar-refractivity contribution in [2.75, 3.05) is 20.1 Å². The van der Waals surface area contributed by atoms with Crippen molar-refractivity contribution in [3.8, 4) is 5.75 Å². The van der Waals surface area contributed by atoms with Gasteiger partial charge in [-0.3, -0.25) is 4.79 Å². The van der Waals surface area contributed by atoms with Gasteiger partial charge in [-0.25, -0.2) is 9.97 Å². The van der Waals surface area contributed by atoms with Crippen LogP contribution >= 0.6 is 22.9 Å². The van der Waals surface area contributed by atoms with E-state index in [4.69, 9.17) is 16.3 Å². The molecule has 4 heterocycles. The number of likely N-dealkylation sites (N-methyl/N-ethyl adjacent to an activating group) is 1. The quantitative estimate of drug-likeness (QED) is 0.426. The molecule has 0 bridgehead atoms. The first-order chi connectivity index (χ1) is 16.0. The highest BCUT2D eigenvalue weighted by Gasteiger charge is 2.21. The number of aromatic amines is 2. The van der Waals surface area contributed by atoms with Crippen molar-refractivity contribution in [3.05, 3.63) is 67.1 Å². The number of aromatic nitrogens is 4.